The third-order valence-electron chi connectivity index (χ3n) is 4.76. The summed E-state index contributed by atoms with van der Waals surface area (Å²) in [6.07, 6.45) is 0. The number of halogens is 1. The molecule has 25 heavy (non-hydrogen) atoms. The van der Waals surface area contributed by atoms with Gasteiger partial charge in [0.1, 0.15) is 5.41 Å². The summed E-state index contributed by atoms with van der Waals surface area (Å²) in [6, 6.07) is 15.9. The van der Waals surface area contributed by atoms with E-state index in [1.807, 2.05) is 31.2 Å². The average Bonchev–Trinajstić information content (AvgIpc) is 3.26. The summed E-state index contributed by atoms with van der Waals surface area (Å²) in [7, 11) is -2.21. The molecule has 0 amide bonds. The number of hydrogen-bond acceptors (Lipinski definition) is 4. The summed E-state index contributed by atoms with van der Waals surface area (Å²) in [5, 5.41) is 9.41. The first-order valence-corrected chi connectivity index (χ1v) is 9.75. The second-order valence-corrected chi connectivity index (χ2v) is 8.90. The van der Waals surface area contributed by atoms with Crippen LogP contribution < -0.4 is 0 Å². The Kier molecular flexibility index (Phi) is 4.63. The summed E-state index contributed by atoms with van der Waals surface area (Å²) < 4.78 is 31.5. The van der Waals surface area contributed by atoms with Crippen LogP contribution in [-0.2, 0) is 14.6 Å². The smallest absolute Gasteiger partial charge is 0.183 e. The van der Waals surface area contributed by atoms with Crippen molar-refractivity contribution in [2.45, 2.75) is 23.0 Å². The fourth-order valence-corrected chi connectivity index (χ4v) is 5.89. The summed E-state index contributed by atoms with van der Waals surface area (Å²) >= 11 is 5.86. The van der Waals surface area contributed by atoms with Gasteiger partial charge in [0.2, 0.25) is 0 Å². The molecule has 2 aromatic carbocycles. The van der Waals surface area contributed by atoms with E-state index in [4.69, 9.17) is 16.3 Å². The maximum Gasteiger partial charge on any atom is 0.183 e. The molecule has 3 atom stereocenters. The standard InChI is InChI=1S/C19H18ClNO3S/c1-13-3-5-14(6-4-13)17-18(19(17,11-21)12-24-2)25(22,23)16-9-7-15(20)8-10-16/h3-10,17-18H,12H2,1-2H3/t17-,18-,19-/m1/s1. The van der Waals surface area contributed by atoms with Crippen molar-refractivity contribution >= 4 is 21.4 Å². The Morgan fingerprint density at radius 2 is 1.76 bits per heavy atom. The lowest BCUT2D eigenvalue weighted by molar-refractivity contribution is 0.162. The van der Waals surface area contributed by atoms with Gasteiger partial charge in [0, 0.05) is 18.1 Å². The first kappa shape index (κ1) is 17.9. The van der Waals surface area contributed by atoms with Gasteiger partial charge in [-0.25, -0.2) is 8.42 Å². The molecular formula is C19H18ClNO3S. The highest BCUT2D eigenvalue weighted by atomic mass is 35.5. The number of ether oxygens (including phenoxy) is 1. The van der Waals surface area contributed by atoms with Crippen LogP contribution >= 0.6 is 11.6 Å². The van der Waals surface area contributed by atoms with Gasteiger partial charge in [0.15, 0.2) is 9.84 Å². The number of nitrogens with zero attached hydrogens (tertiary/aromatic N) is 1. The predicted octanol–water partition coefficient (Wildman–Crippen LogP) is 3.74. The Morgan fingerprint density at radius 1 is 1.16 bits per heavy atom. The highest BCUT2D eigenvalue weighted by Gasteiger charge is 2.72. The number of sulfone groups is 1. The van der Waals surface area contributed by atoms with E-state index in [1.54, 1.807) is 12.1 Å². The van der Waals surface area contributed by atoms with Gasteiger partial charge < -0.3 is 4.74 Å². The first-order chi connectivity index (χ1) is 11.9. The van der Waals surface area contributed by atoms with Crippen LogP contribution in [0.4, 0.5) is 0 Å². The van der Waals surface area contributed by atoms with Crippen molar-refractivity contribution in [3.63, 3.8) is 0 Å². The van der Waals surface area contributed by atoms with E-state index in [0.717, 1.165) is 11.1 Å². The second kappa shape index (κ2) is 6.45. The first-order valence-electron chi connectivity index (χ1n) is 7.83. The molecule has 1 aliphatic rings. The third kappa shape index (κ3) is 2.95. The summed E-state index contributed by atoms with van der Waals surface area (Å²) in [5.41, 5.74) is 0.838. The minimum Gasteiger partial charge on any atom is -0.383 e. The van der Waals surface area contributed by atoms with Crippen LogP contribution in [0.1, 0.15) is 17.0 Å². The Bertz CT molecular complexity index is 917. The highest BCUT2D eigenvalue weighted by Crippen LogP contribution is 2.63. The normalized spacial score (nSPS) is 25.4. The van der Waals surface area contributed by atoms with E-state index in [-0.39, 0.29) is 11.5 Å². The monoisotopic (exact) mass is 375 g/mol. The Hall–Kier alpha value is -1.87. The molecule has 0 saturated heterocycles. The third-order valence-corrected chi connectivity index (χ3v) is 7.30. The lowest BCUT2D eigenvalue weighted by Crippen LogP contribution is -2.19. The van der Waals surface area contributed by atoms with Crippen LogP contribution in [0.2, 0.25) is 5.02 Å². The van der Waals surface area contributed by atoms with Crippen molar-refractivity contribution in [3.05, 3.63) is 64.7 Å². The van der Waals surface area contributed by atoms with Crippen LogP contribution in [0.25, 0.3) is 0 Å². The number of rotatable bonds is 5. The summed E-state index contributed by atoms with van der Waals surface area (Å²) in [4.78, 5) is 0.173. The van der Waals surface area contributed by atoms with Crippen LogP contribution in [0, 0.1) is 23.7 Å². The van der Waals surface area contributed by atoms with Crippen molar-refractivity contribution in [3.8, 4) is 6.07 Å². The van der Waals surface area contributed by atoms with E-state index >= 15 is 0 Å². The molecule has 2 aromatic rings. The second-order valence-electron chi connectivity index (χ2n) is 6.39. The van der Waals surface area contributed by atoms with E-state index in [2.05, 4.69) is 6.07 Å². The van der Waals surface area contributed by atoms with E-state index in [9.17, 15) is 13.7 Å². The van der Waals surface area contributed by atoms with Crippen molar-refractivity contribution in [1.29, 1.82) is 5.26 Å². The molecule has 1 aliphatic carbocycles. The Balaban J connectivity index is 2.07. The van der Waals surface area contributed by atoms with Crippen LogP contribution in [-0.4, -0.2) is 27.4 Å². The number of methoxy groups -OCH3 is 1. The molecule has 6 heteroatoms. The molecule has 0 unspecified atom stereocenters. The molecule has 1 fully saturated rings. The fourth-order valence-electron chi connectivity index (χ4n) is 3.45. The number of benzene rings is 2. The van der Waals surface area contributed by atoms with Crippen LogP contribution in [0.5, 0.6) is 0 Å². The molecule has 4 nitrogen and oxygen atoms in total. The number of aryl methyl sites for hydroxylation is 1. The molecule has 0 bridgehead atoms. The van der Waals surface area contributed by atoms with Gasteiger partial charge in [-0.15, -0.1) is 0 Å². The minimum atomic E-state index is -3.69. The molecule has 0 heterocycles. The van der Waals surface area contributed by atoms with Crippen molar-refractivity contribution < 1.29 is 13.2 Å². The number of hydrogen-bond donors (Lipinski definition) is 0. The predicted molar refractivity (Wildman–Crippen MR) is 96.3 cm³/mol. The minimum absolute atomic E-state index is 0.0690. The fraction of sp³-hybridized carbons (Fsp3) is 0.316. The maximum atomic E-state index is 13.2. The molecule has 0 radical (unpaired) electrons. The van der Waals surface area contributed by atoms with Gasteiger partial charge in [0.25, 0.3) is 0 Å². The van der Waals surface area contributed by atoms with Gasteiger partial charge in [-0.3, -0.25) is 0 Å². The topological polar surface area (TPSA) is 67.2 Å². The molecular weight excluding hydrogens is 358 g/mol. The van der Waals surface area contributed by atoms with Gasteiger partial charge in [-0.1, -0.05) is 41.4 Å². The largest absolute Gasteiger partial charge is 0.383 e. The van der Waals surface area contributed by atoms with E-state index in [0.29, 0.717) is 5.02 Å². The zero-order valence-electron chi connectivity index (χ0n) is 13.9. The summed E-state index contributed by atoms with van der Waals surface area (Å²) in [5.74, 6) is -0.418. The average molecular weight is 376 g/mol. The molecule has 0 N–H and O–H groups in total. The van der Waals surface area contributed by atoms with Crippen molar-refractivity contribution in [1.82, 2.24) is 0 Å². The van der Waals surface area contributed by atoms with Crippen LogP contribution in [0.3, 0.4) is 0 Å². The molecule has 130 valence electrons. The quantitative estimate of drug-likeness (QED) is 0.798. The maximum absolute atomic E-state index is 13.2. The van der Waals surface area contributed by atoms with Gasteiger partial charge >= 0.3 is 0 Å². The SMILES string of the molecule is COC[C@]1(C#N)[C@H](c2ccc(C)cc2)[C@H]1S(=O)(=O)c1ccc(Cl)cc1. The lowest BCUT2D eigenvalue weighted by atomic mass is 10.0. The van der Waals surface area contributed by atoms with E-state index < -0.39 is 26.4 Å². The highest BCUT2D eigenvalue weighted by molar-refractivity contribution is 7.92. The zero-order chi connectivity index (χ0) is 18.2. The van der Waals surface area contributed by atoms with Gasteiger partial charge in [-0.05, 0) is 36.8 Å². The Labute approximate surface area is 152 Å². The molecule has 1 saturated carbocycles. The zero-order valence-corrected chi connectivity index (χ0v) is 15.5. The van der Waals surface area contributed by atoms with Crippen molar-refractivity contribution in [2.75, 3.05) is 13.7 Å². The Morgan fingerprint density at radius 3 is 2.28 bits per heavy atom. The molecule has 0 spiro atoms. The molecule has 0 aromatic heterocycles. The van der Waals surface area contributed by atoms with Crippen LogP contribution in [0.15, 0.2) is 53.4 Å². The number of nitriles is 1. The van der Waals surface area contributed by atoms with E-state index in [1.165, 1.54) is 19.2 Å². The molecule has 0 aliphatic heterocycles. The van der Waals surface area contributed by atoms with Crippen molar-refractivity contribution in [2.24, 2.45) is 5.41 Å². The van der Waals surface area contributed by atoms with Gasteiger partial charge in [0.05, 0.1) is 22.8 Å². The van der Waals surface area contributed by atoms with Gasteiger partial charge in [-0.2, -0.15) is 5.26 Å². The summed E-state index contributed by atoms with van der Waals surface area (Å²) in [6.45, 7) is 2.03. The molecule has 3 rings (SSSR count). The lowest BCUT2D eigenvalue weighted by Gasteiger charge is -2.08.